The van der Waals surface area contributed by atoms with Crippen molar-refractivity contribution in [2.45, 2.75) is 20.4 Å². The van der Waals surface area contributed by atoms with Crippen molar-refractivity contribution in [3.8, 4) is 11.3 Å². The summed E-state index contributed by atoms with van der Waals surface area (Å²) in [6.07, 6.45) is 1.71. The van der Waals surface area contributed by atoms with Crippen molar-refractivity contribution in [2.75, 3.05) is 10.6 Å². The number of aromatic nitrogens is 4. The van der Waals surface area contributed by atoms with Gasteiger partial charge in [-0.15, -0.1) is 0 Å². The van der Waals surface area contributed by atoms with E-state index in [1.807, 2.05) is 54.6 Å². The van der Waals surface area contributed by atoms with E-state index in [4.69, 9.17) is 21.1 Å². The summed E-state index contributed by atoms with van der Waals surface area (Å²) < 4.78 is 7.61. The number of amides is 1. The molecule has 0 saturated heterocycles. The number of rotatable bonds is 6. The van der Waals surface area contributed by atoms with Crippen LogP contribution in [0.25, 0.3) is 16.9 Å². The summed E-state index contributed by atoms with van der Waals surface area (Å²) in [4.78, 5) is 17.3. The highest BCUT2D eigenvalue weighted by molar-refractivity contribution is 9.10. The van der Waals surface area contributed by atoms with Gasteiger partial charge in [0, 0.05) is 28.9 Å². The highest BCUT2D eigenvalue weighted by Gasteiger charge is 2.17. The molecule has 1 amide bonds. The van der Waals surface area contributed by atoms with Crippen LogP contribution in [0.2, 0.25) is 5.02 Å². The molecular weight excluding hydrogens is 532 g/mol. The van der Waals surface area contributed by atoms with E-state index in [2.05, 4.69) is 36.8 Å². The fourth-order valence-electron chi connectivity index (χ4n) is 3.77. The molecule has 0 spiro atoms. The van der Waals surface area contributed by atoms with Gasteiger partial charge in [0.2, 0.25) is 0 Å². The lowest BCUT2D eigenvalue weighted by Gasteiger charge is -2.12. The van der Waals surface area contributed by atoms with Gasteiger partial charge in [0.1, 0.15) is 17.1 Å². The first kappa shape index (κ1) is 23.1. The first-order valence-electron chi connectivity index (χ1n) is 10.8. The number of aryl methyl sites for hydroxylation is 2. The number of hydrogen-bond donors (Lipinski definition) is 2. The summed E-state index contributed by atoms with van der Waals surface area (Å²) in [6.45, 7) is 4.00. The minimum Gasteiger partial charge on any atom is -0.366 e. The fraction of sp³-hybridized carbons (Fsp3) is 0.120. The van der Waals surface area contributed by atoms with Crippen molar-refractivity contribution in [1.82, 2.24) is 19.8 Å². The lowest BCUT2D eigenvalue weighted by atomic mass is 10.1. The van der Waals surface area contributed by atoms with Crippen molar-refractivity contribution in [3.05, 3.63) is 92.9 Å². The van der Waals surface area contributed by atoms with Gasteiger partial charge in [-0.25, -0.2) is 4.98 Å². The first-order valence-corrected chi connectivity index (χ1v) is 11.9. The predicted octanol–water partition coefficient (Wildman–Crippen LogP) is 6.28. The third kappa shape index (κ3) is 4.65. The second-order valence-electron chi connectivity index (χ2n) is 7.94. The number of halogens is 2. The molecule has 35 heavy (non-hydrogen) atoms. The van der Waals surface area contributed by atoms with Crippen LogP contribution in [0, 0.1) is 13.8 Å². The maximum Gasteiger partial charge on any atom is 0.261 e. The molecule has 0 saturated carbocycles. The predicted molar refractivity (Wildman–Crippen MR) is 139 cm³/mol. The van der Waals surface area contributed by atoms with Crippen LogP contribution in [0.1, 0.15) is 27.4 Å². The second kappa shape index (κ2) is 9.52. The van der Waals surface area contributed by atoms with Gasteiger partial charge in [-0.1, -0.05) is 47.1 Å². The zero-order chi connectivity index (χ0) is 24.5. The van der Waals surface area contributed by atoms with Gasteiger partial charge in [-0.05, 0) is 53.5 Å². The first-order chi connectivity index (χ1) is 16.9. The van der Waals surface area contributed by atoms with E-state index < -0.39 is 0 Å². The van der Waals surface area contributed by atoms with E-state index >= 15 is 0 Å². The Bertz CT molecular complexity index is 1520. The van der Waals surface area contributed by atoms with Crippen LogP contribution in [0.15, 0.2) is 69.8 Å². The second-order valence-corrected chi connectivity index (χ2v) is 9.20. The molecule has 176 valence electrons. The molecule has 0 fully saturated rings. The van der Waals surface area contributed by atoms with Crippen molar-refractivity contribution in [3.63, 3.8) is 0 Å². The molecule has 3 aromatic heterocycles. The molecule has 3 heterocycles. The Morgan fingerprint density at radius 1 is 1.14 bits per heavy atom. The van der Waals surface area contributed by atoms with Gasteiger partial charge < -0.3 is 15.2 Å². The summed E-state index contributed by atoms with van der Waals surface area (Å²) >= 11 is 9.94. The lowest BCUT2D eigenvalue weighted by Crippen LogP contribution is -2.13. The summed E-state index contributed by atoms with van der Waals surface area (Å²) in [5.74, 6) is 1.01. The van der Waals surface area contributed by atoms with Crippen LogP contribution in [0.5, 0.6) is 0 Å². The molecule has 2 N–H and O–H groups in total. The zero-order valence-electron chi connectivity index (χ0n) is 18.8. The van der Waals surface area contributed by atoms with Crippen molar-refractivity contribution in [1.29, 1.82) is 0 Å². The number of carbonyl (C=O) groups excluding carboxylic acids is 1. The number of nitrogens with one attached hydrogen (secondary N) is 2. The molecule has 0 aliphatic heterocycles. The van der Waals surface area contributed by atoms with Crippen molar-refractivity contribution in [2.24, 2.45) is 0 Å². The van der Waals surface area contributed by atoms with Gasteiger partial charge in [0.15, 0.2) is 5.65 Å². The number of nitrogens with zero attached hydrogens (tertiary/aromatic N) is 4. The minimum absolute atomic E-state index is 0.248. The quantitative estimate of drug-likeness (QED) is 0.258. The average Bonchev–Trinajstić information content (AvgIpc) is 3.40. The van der Waals surface area contributed by atoms with Crippen molar-refractivity contribution >= 4 is 50.6 Å². The Hall–Kier alpha value is -3.69. The number of anilines is 2. The average molecular weight is 552 g/mol. The Kier molecular flexibility index (Phi) is 6.27. The summed E-state index contributed by atoms with van der Waals surface area (Å²) in [5.41, 5.74) is 4.98. The SMILES string of the molecule is Cc1noc(C)c1C(=O)Nc1ccc(CNc2cc(-c3ccccc3Cl)nc3c(Br)cnn23)cc1. The summed E-state index contributed by atoms with van der Waals surface area (Å²) in [6, 6.07) is 17.1. The van der Waals surface area contributed by atoms with E-state index in [0.717, 1.165) is 27.1 Å². The fourth-order valence-corrected chi connectivity index (χ4v) is 4.35. The smallest absolute Gasteiger partial charge is 0.261 e. The van der Waals surface area contributed by atoms with Crippen LogP contribution < -0.4 is 10.6 Å². The van der Waals surface area contributed by atoms with Crippen LogP contribution in [0.3, 0.4) is 0 Å². The highest BCUT2D eigenvalue weighted by atomic mass is 79.9. The number of fused-ring (bicyclic) bond motifs is 1. The highest BCUT2D eigenvalue weighted by Crippen LogP contribution is 2.30. The Morgan fingerprint density at radius 2 is 1.91 bits per heavy atom. The monoisotopic (exact) mass is 550 g/mol. The molecule has 0 radical (unpaired) electrons. The van der Waals surface area contributed by atoms with Gasteiger partial charge >= 0.3 is 0 Å². The number of hydrogen-bond acceptors (Lipinski definition) is 6. The van der Waals surface area contributed by atoms with E-state index in [1.54, 1.807) is 24.6 Å². The minimum atomic E-state index is -0.248. The zero-order valence-corrected chi connectivity index (χ0v) is 21.2. The van der Waals surface area contributed by atoms with Crippen LogP contribution in [-0.4, -0.2) is 25.7 Å². The molecule has 8 nitrogen and oxygen atoms in total. The van der Waals surface area contributed by atoms with E-state index in [-0.39, 0.29) is 5.91 Å². The van der Waals surface area contributed by atoms with E-state index in [0.29, 0.717) is 39.9 Å². The molecule has 2 aromatic carbocycles. The molecular formula is C25H20BrClN6O2. The molecule has 0 aliphatic rings. The lowest BCUT2D eigenvalue weighted by molar-refractivity contribution is 0.102. The molecule has 0 unspecified atom stereocenters. The van der Waals surface area contributed by atoms with E-state index in [9.17, 15) is 4.79 Å². The molecule has 0 bridgehead atoms. The van der Waals surface area contributed by atoms with E-state index in [1.165, 1.54) is 0 Å². The molecule has 5 aromatic rings. The number of benzene rings is 2. The number of carbonyl (C=O) groups is 1. The summed E-state index contributed by atoms with van der Waals surface area (Å²) in [7, 11) is 0. The maximum absolute atomic E-state index is 12.6. The van der Waals surface area contributed by atoms with Gasteiger partial charge in [-0.2, -0.15) is 9.61 Å². The topological polar surface area (TPSA) is 97.3 Å². The Balaban J connectivity index is 1.35. The molecule has 5 rings (SSSR count). The van der Waals surface area contributed by atoms with Crippen LogP contribution >= 0.6 is 27.5 Å². The Labute approximate surface area is 214 Å². The standard InChI is InChI=1S/C25H20BrClN6O2/c1-14-23(15(2)35-32-14)25(34)30-17-9-7-16(8-10-17)12-28-22-11-21(18-5-3-4-6-20(18)27)31-24-19(26)13-29-33(22)24/h3-11,13,28H,12H2,1-2H3,(H,30,34). The van der Waals surface area contributed by atoms with Gasteiger partial charge in [0.05, 0.1) is 22.1 Å². The normalized spacial score (nSPS) is 11.1. The third-order valence-corrected chi connectivity index (χ3v) is 6.41. The van der Waals surface area contributed by atoms with Gasteiger partial charge in [-0.3, -0.25) is 4.79 Å². The largest absolute Gasteiger partial charge is 0.366 e. The Morgan fingerprint density at radius 3 is 2.63 bits per heavy atom. The summed E-state index contributed by atoms with van der Waals surface area (Å²) in [5, 5.41) is 15.2. The van der Waals surface area contributed by atoms with Gasteiger partial charge in [0.25, 0.3) is 5.91 Å². The van der Waals surface area contributed by atoms with Crippen molar-refractivity contribution < 1.29 is 9.32 Å². The third-order valence-electron chi connectivity index (χ3n) is 5.52. The molecule has 10 heteroatoms. The molecule has 0 atom stereocenters. The molecule has 0 aliphatic carbocycles. The maximum atomic E-state index is 12.6. The van der Waals surface area contributed by atoms with Crippen LogP contribution in [-0.2, 0) is 6.54 Å². The van der Waals surface area contributed by atoms with Crippen LogP contribution in [0.4, 0.5) is 11.5 Å².